The second-order valence-electron chi connectivity index (χ2n) is 7.98. The fourth-order valence-electron chi connectivity index (χ4n) is 3.46. The summed E-state index contributed by atoms with van der Waals surface area (Å²) in [6, 6.07) is 29.0. The molecule has 166 valence electrons. The Morgan fingerprint density at radius 1 is 0.812 bits per heavy atom. The van der Waals surface area contributed by atoms with E-state index in [0.29, 0.717) is 13.0 Å². The van der Waals surface area contributed by atoms with Crippen LogP contribution in [0.5, 0.6) is 0 Å². The molecule has 0 aliphatic carbocycles. The van der Waals surface area contributed by atoms with Gasteiger partial charge in [-0.05, 0) is 37.1 Å². The third-order valence-corrected chi connectivity index (χ3v) is 6.00. The Labute approximate surface area is 195 Å². The quantitative estimate of drug-likeness (QED) is 0.449. The number of hydrogen-bond acceptors (Lipinski definition) is 3. The molecular formula is C27H30N2O2S. The van der Waals surface area contributed by atoms with Crippen LogP contribution in [0.2, 0.25) is 0 Å². The maximum absolute atomic E-state index is 13.5. The molecule has 5 heteroatoms. The molecule has 0 aliphatic heterocycles. The van der Waals surface area contributed by atoms with E-state index in [-0.39, 0.29) is 23.6 Å². The summed E-state index contributed by atoms with van der Waals surface area (Å²) < 4.78 is 0. The molecule has 0 bridgehead atoms. The lowest BCUT2D eigenvalue weighted by atomic mass is 10.0. The Balaban J connectivity index is 1.87. The van der Waals surface area contributed by atoms with Crippen LogP contribution in [-0.2, 0) is 22.6 Å². The van der Waals surface area contributed by atoms with E-state index in [4.69, 9.17) is 0 Å². The van der Waals surface area contributed by atoms with E-state index in [2.05, 4.69) is 5.32 Å². The van der Waals surface area contributed by atoms with Crippen molar-refractivity contribution in [2.24, 2.45) is 0 Å². The van der Waals surface area contributed by atoms with Gasteiger partial charge in [-0.25, -0.2) is 0 Å². The first-order valence-electron chi connectivity index (χ1n) is 10.9. The number of hydrogen-bond donors (Lipinski definition) is 1. The standard InChI is InChI=1S/C27H30N2O2S/c1-21(2)28-27(31)25(18-22-12-6-3-7-13-22)29(19-23-14-8-4-9-15-23)26(30)20-32-24-16-10-5-11-17-24/h3-17,21,25H,18-20H2,1-2H3,(H,28,31)/t25-/m1/s1. The van der Waals surface area contributed by atoms with E-state index in [1.165, 1.54) is 11.8 Å². The Hall–Kier alpha value is -3.05. The summed E-state index contributed by atoms with van der Waals surface area (Å²) in [4.78, 5) is 29.5. The van der Waals surface area contributed by atoms with Gasteiger partial charge in [0.2, 0.25) is 11.8 Å². The highest BCUT2D eigenvalue weighted by Gasteiger charge is 2.30. The molecule has 3 aromatic rings. The number of rotatable bonds is 10. The summed E-state index contributed by atoms with van der Waals surface area (Å²) in [7, 11) is 0. The lowest BCUT2D eigenvalue weighted by Crippen LogP contribution is -2.52. The molecule has 1 atom stereocenters. The van der Waals surface area contributed by atoms with Crippen LogP contribution in [0, 0.1) is 0 Å². The summed E-state index contributed by atoms with van der Waals surface area (Å²) >= 11 is 1.49. The Bertz CT molecular complexity index is 978. The molecule has 0 aromatic heterocycles. The summed E-state index contributed by atoms with van der Waals surface area (Å²) in [5.41, 5.74) is 2.03. The van der Waals surface area contributed by atoms with Gasteiger partial charge in [0.1, 0.15) is 6.04 Å². The average Bonchev–Trinajstić information content (AvgIpc) is 2.81. The van der Waals surface area contributed by atoms with Crippen LogP contribution in [0.1, 0.15) is 25.0 Å². The highest BCUT2D eigenvalue weighted by atomic mass is 32.2. The topological polar surface area (TPSA) is 49.4 Å². The molecule has 2 amide bonds. The Morgan fingerprint density at radius 3 is 1.91 bits per heavy atom. The molecule has 0 saturated heterocycles. The molecule has 3 rings (SSSR count). The van der Waals surface area contributed by atoms with Crippen LogP contribution < -0.4 is 5.32 Å². The molecule has 0 spiro atoms. The summed E-state index contributed by atoms with van der Waals surface area (Å²) in [6.07, 6.45) is 0.466. The van der Waals surface area contributed by atoms with Gasteiger partial charge in [-0.3, -0.25) is 9.59 Å². The van der Waals surface area contributed by atoms with Gasteiger partial charge in [-0.15, -0.1) is 11.8 Å². The van der Waals surface area contributed by atoms with E-state index in [9.17, 15) is 9.59 Å². The largest absolute Gasteiger partial charge is 0.352 e. The van der Waals surface area contributed by atoms with E-state index in [1.54, 1.807) is 4.90 Å². The predicted molar refractivity (Wildman–Crippen MR) is 131 cm³/mol. The number of nitrogens with zero attached hydrogens (tertiary/aromatic N) is 1. The highest BCUT2D eigenvalue weighted by Crippen LogP contribution is 2.21. The minimum absolute atomic E-state index is 0.00635. The lowest BCUT2D eigenvalue weighted by Gasteiger charge is -2.32. The molecule has 0 heterocycles. The van der Waals surface area contributed by atoms with Crippen molar-refractivity contribution in [3.63, 3.8) is 0 Å². The van der Waals surface area contributed by atoms with Crippen molar-refractivity contribution < 1.29 is 9.59 Å². The van der Waals surface area contributed by atoms with Crippen molar-refractivity contribution in [2.75, 3.05) is 5.75 Å². The van der Waals surface area contributed by atoms with Gasteiger partial charge in [0, 0.05) is 23.9 Å². The number of thioether (sulfide) groups is 1. The lowest BCUT2D eigenvalue weighted by molar-refractivity contribution is -0.139. The summed E-state index contributed by atoms with van der Waals surface area (Å²) in [5.74, 6) is 0.0947. The zero-order valence-corrected chi connectivity index (χ0v) is 19.4. The molecule has 0 fully saturated rings. The second-order valence-corrected chi connectivity index (χ2v) is 9.03. The van der Waals surface area contributed by atoms with Crippen LogP contribution in [0.3, 0.4) is 0 Å². The Kier molecular flexibility index (Phi) is 8.93. The molecule has 4 nitrogen and oxygen atoms in total. The van der Waals surface area contributed by atoms with Gasteiger partial charge < -0.3 is 10.2 Å². The van der Waals surface area contributed by atoms with Crippen LogP contribution in [0.25, 0.3) is 0 Å². The van der Waals surface area contributed by atoms with Crippen LogP contribution >= 0.6 is 11.8 Å². The number of amides is 2. The minimum atomic E-state index is -0.594. The number of benzene rings is 3. The predicted octanol–water partition coefficient (Wildman–Crippen LogP) is 4.94. The minimum Gasteiger partial charge on any atom is -0.352 e. The second kappa shape index (κ2) is 12.1. The maximum atomic E-state index is 13.5. The first kappa shape index (κ1) is 23.6. The van der Waals surface area contributed by atoms with Crippen LogP contribution in [-0.4, -0.2) is 34.6 Å². The highest BCUT2D eigenvalue weighted by molar-refractivity contribution is 8.00. The SMILES string of the molecule is CC(C)NC(=O)[C@@H](Cc1ccccc1)N(Cc1ccccc1)C(=O)CSc1ccccc1. The van der Waals surface area contributed by atoms with Crippen molar-refractivity contribution in [2.45, 2.75) is 43.8 Å². The van der Waals surface area contributed by atoms with E-state index < -0.39 is 6.04 Å². The third-order valence-electron chi connectivity index (χ3n) is 5.00. The number of carbonyl (C=O) groups is 2. The Morgan fingerprint density at radius 2 is 1.34 bits per heavy atom. The molecular weight excluding hydrogens is 416 g/mol. The van der Waals surface area contributed by atoms with Gasteiger partial charge >= 0.3 is 0 Å². The van der Waals surface area contributed by atoms with E-state index in [1.807, 2.05) is 105 Å². The number of carbonyl (C=O) groups excluding carboxylic acids is 2. The number of nitrogens with one attached hydrogen (secondary N) is 1. The molecule has 32 heavy (non-hydrogen) atoms. The summed E-state index contributed by atoms with van der Waals surface area (Å²) in [6.45, 7) is 4.26. The van der Waals surface area contributed by atoms with E-state index >= 15 is 0 Å². The van der Waals surface area contributed by atoms with Crippen molar-refractivity contribution in [3.05, 3.63) is 102 Å². The zero-order chi connectivity index (χ0) is 22.8. The average molecular weight is 447 g/mol. The van der Waals surface area contributed by atoms with Gasteiger partial charge in [0.05, 0.1) is 5.75 Å². The van der Waals surface area contributed by atoms with Gasteiger partial charge in [-0.1, -0.05) is 78.9 Å². The van der Waals surface area contributed by atoms with Crippen molar-refractivity contribution in [3.8, 4) is 0 Å². The molecule has 0 saturated carbocycles. The molecule has 0 aliphatic rings. The first-order valence-corrected chi connectivity index (χ1v) is 11.9. The van der Waals surface area contributed by atoms with Crippen molar-refractivity contribution >= 4 is 23.6 Å². The fraction of sp³-hybridized carbons (Fsp3) is 0.259. The van der Waals surface area contributed by atoms with Crippen molar-refractivity contribution in [1.82, 2.24) is 10.2 Å². The molecule has 0 unspecified atom stereocenters. The van der Waals surface area contributed by atoms with Crippen LogP contribution in [0.4, 0.5) is 0 Å². The van der Waals surface area contributed by atoms with Gasteiger partial charge in [0.25, 0.3) is 0 Å². The zero-order valence-electron chi connectivity index (χ0n) is 18.6. The molecule has 0 radical (unpaired) electrons. The maximum Gasteiger partial charge on any atom is 0.243 e. The van der Waals surface area contributed by atoms with Crippen LogP contribution in [0.15, 0.2) is 95.9 Å². The van der Waals surface area contributed by atoms with Gasteiger partial charge in [0.15, 0.2) is 0 Å². The van der Waals surface area contributed by atoms with E-state index in [0.717, 1.165) is 16.0 Å². The smallest absolute Gasteiger partial charge is 0.243 e. The monoisotopic (exact) mass is 446 g/mol. The molecule has 3 aromatic carbocycles. The fourth-order valence-corrected chi connectivity index (χ4v) is 4.27. The third kappa shape index (κ3) is 7.27. The molecule has 1 N–H and O–H groups in total. The first-order chi connectivity index (χ1) is 15.5. The normalized spacial score (nSPS) is 11.7. The van der Waals surface area contributed by atoms with Gasteiger partial charge in [-0.2, -0.15) is 0 Å². The summed E-state index contributed by atoms with van der Waals surface area (Å²) in [5, 5.41) is 3.02. The van der Waals surface area contributed by atoms with Crippen molar-refractivity contribution in [1.29, 1.82) is 0 Å².